The zero-order chi connectivity index (χ0) is 15.0. The monoisotopic (exact) mass is 288 g/mol. The third-order valence-corrected chi connectivity index (χ3v) is 4.08. The van der Waals surface area contributed by atoms with E-state index in [0.29, 0.717) is 16.8 Å². The van der Waals surface area contributed by atoms with Crippen LogP contribution in [-0.2, 0) is 0 Å². The van der Waals surface area contributed by atoms with Crippen LogP contribution in [0.1, 0.15) is 35.3 Å². The summed E-state index contributed by atoms with van der Waals surface area (Å²) in [5, 5.41) is 13.5. The highest BCUT2D eigenvalue weighted by Crippen LogP contribution is 2.30. The van der Waals surface area contributed by atoms with E-state index in [1.165, 1.54) is 12.1 Å². The number of rotatable bonds is 3. The van der Waals surface area contributed by atoms with Crippen LogP contribution >= 0.6 is 0 Å². The van der Waals surface area contributed by atoms with Gasteiger partial charge in [0, 0.05) is 18.0 Å². The number of carbonyl (C=O) groups excluding carboxylic acids is 1. The number of fused-ring (bicyclic) bond motifs is 1. The number of hydrogen-bond donors (Lipinski definition) is 2. The van der Waals surface area contributed by atoms with Gasteiger partial charge >= 0.3 is 0 Å². The first kappa shape index (κ1) is 13.9. The molecule has 2 N–H and O–H groups in total. The summed E-state index contributed by atoms with van der Waals surface area (Å²) in [4.78, 5) is 16.5. The summed E-state index contributed by atoms with van der Waals surface area (Å²) < 4.78 is 13.2. The van der Waals surface area contributed by atoms with E-state index in [1.54, 1.807) is 19.1 Å². The number of nitrogens with one attached hydrogen (secondary N) is 1. The van der Waals surface area contributed by atoms with Gasteiger partial charge in [0.25, 0.3) is 5.91 Å². The number of aliphatic hydroxyl groups is 1. The summed E-state index contributed by atoms with van der Waals surface area (Å²) in [6, 6.07) is 6.00. The van der Waals surface area contributed by atoms with E-state index < -0.39 is 5.60 Å². The van der Waals surface area contributed by atoms with Gasteiger partial charge in [0.05, 0.1) is 22.4 Å². The van der Waals surface area contributed by atoms with E-state index in [-0.39, 0.29) is 18.3 Å². The molecule has 4 nitrogen and oxygen atoms in total. The van der Waals surface area contributed by atoms with Crippen molar-refractivity contribution in [1.29, 1.82) is 0 Å². The molecule has 2 aromatic rings. The van der Waals surface area contributed by atoms with Gasteiger partial charge < -0.3 is 10.4 Å². The first-order valence-electron chi connectivity index (χ1n) is 7.04. The lowest BCUT2D eigenvalue weighted by atomic mass is 9.80. The predicted octanol–water partition coefficient (Wildman–Crippen LogP) is 2.33. The number of aromatic nitrogens is 1. The molecule has 0 aliphatic heterocycles. The Morgan fingerprint density at radius 3 is 2.86 bits per heavy atom. The van der Waals surface area contributed by atoms with Crippen LogP contribution in [0.2, 0.25) is 0 Å². The van der Waals surface area contributed by atoms with Crippen LogP contribution in [0.25, 0.3) is 10.9 Å². The Kier molecular flexibility index (Phi) is 3.37. The Morgan fingerprint density at radius 2 is 2.19 bits per heavy atom. The number of pyridine rings is 1. The van der Waals surface area contributed by atoms with Gasteiger partial charge in [-0.15, -0.1) is 0 Å². The lowest BCUT2D eigenvalue weighted by Gasteiger charge is -2.36. The summed E-state index contributed by atoms with van der Waals surface area (Å²) in [5.74, 6) is -0.606. The number of aryl methyl sites for hydroxylation is 1. The van der Waals surface area contributed by atoms with Crippen molar-refractivity contribution < 1.29 is 14.3 Å². The molecule has 21 heavy (non-hydrogen) atoms. The van der Waals surface area contributed by atoms with Gasteiger partial charge in [0.1, 0.15) is 5.82 Å². The fourth-order valence-electron chi connectivity index (χ4n) is 2.57. The van der Waals surface area contributed by atoms with Crippen molar-refractivity contribution in [2.24, 2.45) is 0 Å². The van der Waals surface area contributed by atoms with Crippen LogP contribution < -0.4 is 5.32 Å². The second kappa shape index (κ2) is 5.07. The van der Waals surface area contributed by atoms with Crippen LogP contribution in [-0.4, -0.2) is 28.1 Å². The van der Waals surface area contributed by atoms with Gasteiger partial charge in [-0.25, -0.2) is 4.39 Å². The third-order valence-electron chi connectivity index (χ3n) is 4.08. The van der Waals surface area contributed by atoms with E-state index in [0.717, 1.165) is 24.6 Å². The molecule has 3 rings (SSSR count). The van der Waals surface area contributed by atoms with Crippen molar-refractivity contribution in [3.63, 3.8) is 0 Å². The SMILES string of the molecule is Cc1nc2cc(F)ccc2cc1C(=O)NCC1(O)CCC1. The average Bonchev–Trinajstić information content (AvgIpc) is 2.41. The topological polar surface area (TPSA) is 62.2 Å². The molecule has 1 aliphatic carbocycles. The van der Waals surface area contributed by atoms with Crippen molar-refractivity contribution in [3.05, 3.63) is 41.3 Å². The molecule has 1 aromatic heterocycles. The van der Waals surface area contributed by atoms with Crippen LogP contribution in [0.15, 0.2) is 24.3 Å². The highest BCUT2D eigenvalue weighted by Gasteiger charge is 2.34. The Labute approximate surface area is 122 Å². The van der Waals surface area contributed by atoms with Crippen LogP contribution in [0.3, 0.4) is 0 Å². The van der Waals surface area contributed by atoms with Crippen molar-refractivity contribution in [3.8, 4) is 0 Å². The molecule has 1 fully saturated rings. The first-order valence-corrected chi connectivity index (χ1v) is 7.04. The Bertz CT molecular complexity index is 711. The Hall–Kier alpha value is -2.01. The summed E-state index contributed by atoms with van der Waals surface area (Å²) in [5.41, 5.74) is 0.779. The molecular formula is C16H17FN2O2. The van der Waals surface area contributed by atoms with Crippen molar-refractivity contribution in [1.82, 2.24) is 10.3 Å². The zero-order valence-electron chi connectivity index (χ0n) is 11.8. The second-order valence-corrected chi connectivity index (χ2v) is 5.72. The number of halogens is 1. The molecular weight excluding hydrogens is 271 g/mol. The third kappa shape index (κ3) is 2.74. The van der Waals surface area contributed by atoms with Gasteiger partial charge in [-0.05, 0) is 44.4 Å². The zero-order valence-corrected chi connectivity index (χ0v) is 11.8. The molecule has 0 atom stereocenters. The van der Waals surface area contributed by atoms with E-state index in [4.69, 9.17) is 0 Å². The summed E-state index contributed by atoms with van der Waals surface area (Å²) >= 11 is 0. The van der Waals surface area contributed by atoms with E-state index >= 15 is 0 Å². The van der Waals surface area contributed by atoms with Gasteiger partial charge in [-0.1, -0.05) is 0 Å². The molecule has 1 heterocycles. The maximum Gasteiger partial charge on any atom is 0.253 e. The number of nitrogens with zero attached hydrogens (tertiary/aromatic N) is 1. The minimum absolute atomic E-state index is 0.257. The van der Waals surface area contributed by atoms with Crippen molar-refractivity contribution in [2.75, 3.05) is 6.54 Å². The molecule has 0 saturated heterocycles. The molecule has 1 aliphatic rings. The standard InChI is InChI=1S/C16H17FN2O2/c1-10-13(15(20)18-9-16(21)5-2-6-16)7-11-3-4-12(17)8-14(11)19-10/h3-4,7-8,21H,2,5-6,9H2,1H3,(H,18,20). The van der Waals surface area contributed by atoms with E-state index in [2.05, 4.69) is 10.3 Å². The summed E-state index contributed by atoms with van der Waals surface area (Å²) in [6.07, 6.45) is 2.44. The van der Waals surface area contributed by atoms with Crippen LogP contribution in [0, 0.1) is 12.7 Å². The number of amides is 1. The molecule has 110 valence electrons. The highest BCUT2D eigenvalue weighted by molar-refractivity contribution is 5.98. The average molecular weight is 288 g/mol. The molecule has 0 bridgehead atoms. The minimum Gasteiger partial charge on any atom is -0.388 e. The first-order chi connectivity index (χ1) is 9.97. The van der Waals surface area contributed by atoms with Crippen LogP contribution in [0.4, 0.5) is 4.39 Å². The number of hydrogen-bond acceptors (Lipinski definition) is 3. The summed E-state index contributed by atoms with van der Waals surface area (Å²) in [7, 11) is 0. The normalized spacial score (nSPS) is 16.5. The number of benzene rings is 1. The predicted molar refractivity (Wildman–Crippen MR) is 77.6 cm³/mol. The van der Waals surface area contributed by atoms with E-state index in [1.807, 2.05) is 0 Å². The Morgan fingerprint density at radius 1 is 1.43 bits per heavy atom. The second-order valence-electron chi connectivity index (χ2n) is 5.72. The molecule has 0 spiro atoms. The van der Waals surface area contributed by atoms with Crippen molar-refractivity contribution in [2.45, 2.75) is 31.8 Å². The smallest absolute Gasteiger partial charge is 0.253 e. The molecule has 5 heteroatoms. The maximum absolute atomic E-state index is 13.2. The van der Waals surface area contributed by atoms with Gasteiger partial charge in [0.2, 0.25) is 0 Å². The Balaban J connectivity index is 1.83. The molecule has 0 unspecified atom stereocenters. The molecule has 1 saturated carbocycles. The van der Waals surface area contributed by atoms with Gasteiger partial charge in [-0.2, -0.15) is 0 Å². The maximum atomic E-state index is 13.2. The van der Waals surface area contributed by atoms with Crippen molar-refractivity contribution >= 4 is 16.8 Å². The van der Waals surface area contributed by atoms with E-state index in [9.17, 15) is 14.3 Å². The largest absolute Gasteiger partial charge is 0.388 e. The highest BCUT2D eigenvalue weighted by atomic mass is 19.1. The lowest BCUT2D eigenvalue weighted by Crippen LogP contribution is -2.47. The fourth-order valence-corrected chi connectivity index (χ4v) is 2.57. The minimum atomic E-state index is -0.753. The van der Waals surface area contributed by atoms with Gasteiger partial charge in [0.15, 0.2) is 0 Å². The lowest BCUT2D eigenvalue weighted by molar-refractivity contribution is -0.0300. The summed E-state index contributed by atoms with van der Waals surface area (Å²) in [6.45, 7) is 1.98. The molecule has 1 aromatic carbocycles. The quantitative estimate of drug-likeness (QED) is 0.911. The van der Waals surface area contributed by atoms with Crippen LogP contribution in [0.5, 0.6) is 0 Å². The molecule has 1 amide bonds. The molecule has 0 radical (unpaired) electrons. The fraction of sp³-hybridized carbons (Fsp3) is 0.375. The number of carbonyl (C=O) groups is 1. The van der Waals surface area contributed by atoms with Gasteiger partial charge in [-0.3, -0.25) is 9.78 Å².